The van der Waals surface area contributed by atoms with Crippen LogP contribution in [0.4, 0.5) is 13.2 Å². The first-order chi connectivity index (χ1) is 7.36. The molecule has 0 spiro atoms. The molecule has 0 radical (unpaired) electrons. The van der Waals surface area contributed by atoms with Crippen LogP contribution in [0.5, 0.6) is 0 Å². The largest absolute Gasteiger partial charge is 0.469 e. The number of alkyl halides is 3. The molecule has 0 bridgehead atoms. The van der Waals surface area contributed by atoms with E-state index >= 15 is 0 Å². The summed E-state index contributed by atoms with van der Waals surface area (Å²) >= 11 is 0. The second kappa shape index (κ2) is 4.55. The van der Waals surface area contributed by atoms with Crippen molar-refractivity contribution >= 4 is 5.97 Å². The van der Waals surface area contributed by atoms with Gasteiger partial charge in [-0.25, -0.2) is 0 Å². The summed E-state index contributed by atoms with van der Waals surface area (Å²) in [7, 11) is 1.14. The molecule has 0 aliphatic rings. The minimum atomic E-state index is -4.45. The lowest BCUT2D eigenvalue weighted by atomic mass is 9.99. The van der Waals surface area contributed by atoms with Gasteiger partial charge in [-0.2, -0.15) is 13.2 Å². The van der Waals surface area contributed by atoms with E-state index in [-0.39, 0.29) is 17.5 Å². The number of esters is 1. The van der Waals surface area contributed by atoms with Crippen molar-refractivity contribution in [3.05, 3.63) is 34.9 Å². The van der Waals surface area contributed by atoms with Crippen LogP contribution < -0.4 is 0 Å². The zero-order valence-corrected chi connectivity index (χ0v) is 8.89. The van der Waals surface area contributed by atoms with Crippen LogP contribution >= 0.6 is 0 Å². The van der Waals surface area contributed by atoms with Crippen molar-refractivity contribution in [2.75, 3.05) is 7.11 Å². The van der Waals surface area contributed by atoms with Gasteiger partial charge in [0.25, 0.3) is 0 Å². The third-order valence-corrected chi connectivity index (χ3v) is 2.21. The SMILES string of the molecule is COC(=O)Cc1cccc(C)c1C(F)(F)F. The van der Waals surface area contributed by atoms with Crippen LogP contribution in [-0.4, -0.2) is 13.1 Å². The predicted octanol–water partition coefficient (Wildman–Crippen LogP) is 2.73. The Kier molecular flexibility index (Phi) is 3.57. The number of halogens is 3. The molecule has 0 atom stereocenters. The number of carbonyl (C=O) groups excluding carboxylic acids is 1. The number of aryl methyl sites for hydroxylation is 1. The van der Waals surface area contributed by atoms with E-state index in [1.54, 1.807) is 0 Å². The van der Waals surface area contributed by atoms with Crippen LogP contribution in [0.2, 0.25) is 0 Å². The molecule has 0 fully saturated rings. The molecule has 1 aromatic carbocycles. The van der Waals surface area contributed by atoms with Gasteiger partial charge in [-0.1, -0.05) is 18.2 Å². The number of ether oxygens (including phenoxy) is 1. The van der Waals surface area contributed by atoms with Gasteiger partial charge in [-0.3, -0.25) is 4.79 Å². The molecule has 0 unspecified atom stereocenters. The van der Waals surface area contributed by atoms with E-state index < -0.39 is 17.7 Å². The molecule has 0 aromatic heterocycles. The highest BCUT2D eigenvalue weighted by atomic mass is 19.4. The maximum atomic E-state index is 12.7. The molecular weight excluding hydrogens is 221 g/mol. The summed E-state index contributed by atoms with van der Waals surface area (Å²) in [5.74, 6) is -0.684. The van der Waals surface area contributed by atoms with Crippen LogP contribution in [0, 0.1) is 6.92 Å². The Hall–Kier alpha value is -1.52. The number of benzene rings is 1. The molecule has 0 saturated carbocycles. The zero-order chi connectivity index (χ0) is 12.3. The summed E-state index contributed by atoms with van der Waals surface area (Å²) in [6.07, 6.45) is -4.82. The first-order valence-electron chi connectivity index (χ1n) is 4.58. The molecule has 2 nitrogen and oxygen atoms in total. The normalized spacial score (nSPS) is 11.3. The van der Waals surface area contributed by atoms with E-state index in [1.807, 2.05) is 0 Å². The van der Waals surface area contributed by atoms with E-state index in [4.69, 9.17) is 0 Å². The number of hydrogen-bond donors (Lipinski definition) is 0. The average molecular weight is 232 g/mol. The lowest BCUT2D eigenvalue weighted by molar-refractivity contribution is -0.141. The standard InChI is InChI=1S/C11H11F3O2/c1-7-4-3-5-8(6-9(15)16-2)10(7)11(12,13)14/h3-5H,6H2,1-2H3. The first-order valence-corrected chi connectivity index (χ1v) is 4.58. The predicted molar refractivity (Wildman–Crippen MR) is 51.9 cm³/mol. The molecule has 0 aliphatic carbocycles. The second-order valence-electron chi connectivity index (χ2n) is 3.36. The monoisotopic (exact) mass is 232 g/mol. The highest BCUT2D eigenvalue weighted by molar-refractivity contribution is 5.73. The van der Waals surface area contributed by atoms with Crippen LogP contribution in [0.1, 0.15) is 16.7 Å². The number of rotatable bonds is 2. The minimum absolute atomic E-state index is 0.0562. The van der Waals surface area contributed by atoms with Gasteiger partial charge in [0.2, 0.25) is 0 Å². The molecule has 88 valence electrons. The lowest BCUT2D eigenvalue weighted by Gasteiger charge is -2.14. The molecule has 0 amide bonds. The van der Waals surface area contributed by atoms with Crippen molar-refractivity contribution in [1.82, 2.24) is 0 Å². The van der Waals surface area contributed by atoms with Gasteiger partial charge in [0.15, 0.2) is 0 Å². The summed E-state index contributed by atoms with van der Waals surface area (Å²) in [4.78, 5) is 11.0. The Bertz CT molecular complexity index is 397. The Balaban J connectivity index is 3.18. The van der Waals surface area contributed by atoms with Crippen molar-refractivity contribution in [3.8, 4) is 0 Å². The molecule has 16 heavy (non-hydrogen) atoms. The number of methoxy groups -OCH3 is 1. The van der Waals surface area contributed by atoms with Gasteiger partial charge in [-0.15, -0.1) is 0 Å². The molecule has 1 aromatic rings. The Labute approximate surface area is 91.0 Å². The van der Waals surface area contributed by atoms with Crippen molar-refractivity contribution < 1.29 is 22.7 Å². The molecule has 0 N–H and O–H groups in total. The molecular formula is C11H11F3O2. The average Bonchev–Trinajstić information content (AvgIpc) is 2.15. The Morgan fingerprint density at radius 1 is 1.38 bits per heavy atom. The van der Waals surface area contributed by atoms with Crippen molar-refractivity contribution in [2.24, 2.45) is 0 Å². The van der Waals surface area contributed by atoms with Crippen molar-refractivity contribution in [2.45, 2.75) is 19.5 Å². The van der Waals surface area contributed by atoms with E-state index in [9.17, 15) is 18.0 Å². The fourth-order valence-corrected chi connectivity index (χ4v) is 1.51. The summed E-state index contributed by atoms with van der Waals surface area (Å²) in [6, 6.07) is 4.14. The van der Waals surface area contributed by atoms with Gasteiger partial charge in [0.05, 0.1) is 19.1 Å². The number of carbonyl (C=O) groups is 1. The van der Waals surface area contributed by atoms with Crippen LogP contribution in [-0.2, 0) is 22.1 Å². The molecule has 1 rings (SSSR count). The minimum Gasteiger partial charge on any atom is -0.469 e. The summed E-state index contributed by atoms with van der Waals surface area (Å²) in [5, 5.41) is 0. The highest BCUT2D eigenvalue weighted by Crippen LogP contribution is 2.34. The molecule has 5 heteroatoms. The topological polar surface area (TPSA) is 26.3 Å². The van der Waals surface area contributed by atoms with Gasteiger partial charge in [-0.05, 0) is 18.1 Å². The van der Waals surface area contributed by atoms with Crippen LogP contribution in [0.3, 0.4) is 0 Å². The fraction of sp³-hybridized carbons (Fsp3) is 0.364. The maximum absolute atomic E-state index is 12.7. The quantitative estimate of drug-likeness (QED) is 0.733. The van der Waals surface area contributed by atoms with E-state index in [0.29, 0.717) is 0 Å². The molecule has 0 heterocycles. The zero-order valence-electron chi connectivity index (χ0n) is 8.89. The van der Waals surface area contributed by atoms with Crippen molar-refractivity contribution in [1.29, 1.82) is 0 Å². The summed E-state index contributed by atoms with van der Waals surface area (Å²) < 4.78 is 42.5. The van der Waals surface area contributed by atoms with Crippen molar-refractivity contribution in [3.63, 3.8) is 0 Å². The van der Waals surface area contributed by atoms with E-state index in [1.165, 1.54) is 25.1 Å². The smallest absolute Gasteiger partial charge is 0.416 e. The Morgan fingerprint density at radius 3 is 2.50 bits per heavy atom. The van der Waals surface area contributed by atoms with Gasteiger partial charge >= 0.3 is 12.1 Å². The third kappa shape index (κ3) is 2.74. The van der Waals surface area contributed by atoms with Gasteiger partial charge in [0.1, 0.15) is 0 Å². The van der Waals surface area contributed by atoms with Crippen LogP contribution in [0.25, 0.3) is 0 Å². The number of hydrogen-bond acceptors (Lipinski definition) is 2. The fourth-order valence-electron chi connectivity index (χ4n) is 1.51. The van der Waals surface area contributed by atoms with Gasteiger partial charge in [0, 0.05) is 0 Å². The van der Waals surface area contributed by atoms with E-state index in [2.05, 4.69) is 4.74 Å². The van der Waals surface area contributed by atoms with Crippen LogP contribution in [0.15, 0.2) is 18.2 Å². The Morgan fingerprint density at radius 2 is 2.00 bits per heavy atom. The molecule has 0 saturated heterocycles. The van der Waals surface area contributed by atoms with Gasteiger partial charge < -0.3 is 4.74 Å². The third-order valence-electron chi connectivity index (χ3n) is 2.21. The van der Waals surface area contributed by atoms with E-state index in [0.717, 1.165) is 7.11 Å². The molecule has 0 aliphatic heterocycles. The maximum Gasteiger partial charge on any atom is 0.416 e. The highest BCUT2D eigenvalue weighted by Gasteiger charge is 2.35. The lowest BCUT2D eigenvalue weighted by Crippen LogP contribution is -2.15. The second-order valence-corrected chi connectivity index (χ2v) is 3.36. The summed E-state index contributed by atoms with van der Waals surface area (Å²) in [6.45, 7) is 1.36. The summed E-state index contributed by atoms with van der Waals surface area (Å²) in [5.41, 5.74) is -0.700. The first kappa shape index (κ1) is 12.5.